The van der Waals surface area contributed by atoms with Crippen LogP contribution in [0.3, 0.4) is 0 Å². The van der Waals surface area contributed by atoms with Gasteiger partial charge < -0.3 is 0 Å². The van der Waals surface area contributed by atoms with Crippen LogP contribution >= 0.6 is 11.3 Å². The predicted octanol–water partition coefficient (Wildman–Crippen LogP) is 3.23. The van der Waals surface area contributed by atoms with Crippen LogP contribution < -0.4 is 0 Å². The normalized spacial score (nSPS) is 14.0. The van der Waals surface area contributed by atoms with Crippen LogP contribution in [0.15, 0.2) is 17.5 Å². The van der Waals surface area contributed by atoms with Crippen molar-refractivity contribution >= 4 is 17.1 Å². The zero-order valence-electron chi connectivity index (χ0n) is 11.5. The maximum absolute atomic E-state index is 11.9. The Morgan fingerprint density at radius 2 is 2.12 bits per heavy atom. The van der Waals surface area contributed by atoms with Crippen LogP contribution in [0.5, 0.6) is 0 Å². The second-order valence-electron chi connectivity index (χ2n) is 5.72. The molecule has 3 heteroatoms. The van der Waals surface area contributed by atoms with E-state index >= 15 is 0 Å². The van der Waals surface area contributed by atoms with Gasteiger partial charge in [-0.1, -0.05) is 26.8 Å². The van der Waals surface area contributed by atoms with Crippen molar-refractivity contribution in [2.24, 2.45) is 5.41 Å². The van der Waals surface area contributed by atoms with Gasteiger partial charge in [0.2, 0.25) is 0 Å². The van der Waals surface area contributed by atoms with Crippen LogP contribution in [-0.2, 0) is 11.2 Å². The number of hydrogen-bond acceptors (Lipinski definition) is 3. The molecule has 0 amide bonds. The summed E-state index contributed by atoms with van der Waals surface area (Å²) in [5, 5.41) is 2.10. The molecular weight excluding hydrogens is 230 g/mol. The van der Waals surface area contributed by atoms with Crippen LogP contribution in [0.1, 0.15) is 32.6 Å². The fourth-order valence-electron chi connectivity index (χ4n) is 1.50. The summed E-state index contributed by atoms with van der Waals surface area (Å²) < 4.78 is 0. The molecule has 0 aliphatic carbocycles. The van der Waals surface area contributed by atoms with E-state index in [4.69, 9.17) is 0 Å². The minimum absolute atomic E-state index is 0.239. The van der Waals surface area contributed by atoms with Gasteiger partial charge in [-0.05, 0) is 31.8 Å². The first-order valence-corrected chi connectivity index (χ1v) is 6.94. The molecule has 0 saturated carbocycles. The zero-order chi connectivity index (χ0) is 13.1. The fourth-order valence-corrected chi connectivity index (χ4v) is 2.32. The molecule has 17 heavy (non-hydrogen) atoms. The lowest BCUT2D eigenvalue weighted by molar-refractivity contribution is -0.127. The van der Waals surface area contributed by atoms with Gasteiger partial charge in [0.15, 0.2) is 5.78 Å². The Kier molecular flexibility index (Phi) is 4.90. The van der Waals surface area contributed by atoms with Crippen LogP contribution in [-0.4, -0.2) is 30.3 Å². The molecule has 2 nitrogen and oxygen atoms in total. The molecule has 0 aliphatic heterocycles. The molecule has 0 bridgehead atoms. The number of carbonyl (C=O) groups excluding carboxylic acids is 1. The lowest BCUT2D eigenvalue weighted by Crippen LogP contribution is -2.39. The number of ketones is 1. The number of likely N-dealkylation sites (N-methyl/N-ethyl adjacent to an activating group) is 1. The summed E-state index contributed by atoms with van der Waals surface area (Å²) in [4.78, 5) is 15.5. The van der Waals surface area contributed by atoms with Gasteiger partial charge in [-0.15, -0.1) is 11.3 Å². The molecule has 1 heterocycles. The second kappa shape index (κ2) is 5.78. The molecule has 1 atom stereocenters. The van der Waals surface area contributed by atoms with Crippen molar-refractivity contribution in [1.29, 1.82) is 0 Å². The second-order valence-corrected chi connectivity index (χ2v) is 6.75. The van der Waals surface area contributed by atoms with Gasteiger partial charge >= 0.3 is 0 Å². The number of rotatable bonds is 5. The molecule has 0 N–H and O–H groups in total. The first-order chi connectivity index (χ1) is 7.80. The van der Waals surface area contributed by atoms with Crippen molar-refractivity contribution in [3.05, 3.63) is 22.4 Å². The Bertz CT molecular complexity index is 351. The minimum Gasteiger partial charge on any atom is -0.298 e. The van der Waals surface area contributed by atoms with E-state index in [2.05, 4.69) is 29.3 Å². The lowest BCUT2D eigenvalue weighted by atomic mass is 9.90. The highest BCUT2D eigenvalue weighted by atomic mass is 32.1. The molecule has 1 unspecified atom stereocenters. The zero-order valence-corrected chi connectivity index (χ0v) is 12.3. The third-order valence-corrected chi connectivity index (χ3v) is 3.96. The van der Waals surface area contributed by atoms with E-state index in [1.54, 1.807) is 11.3 Å². The third-order valence-electron chi connectivity index (χ3n) is 3.06. The number of Topliss-reactive ketones (excluding diaryl/α,β-unsaturated/α-hetero) is 1. The number of thiophene rings is 1. The van der Waals surface area contributed by atoms with Crippen LogP contribution in [0, 0.1) is 5.41 Å². The van der Waals surface area contributed by atoms with Gasteiger partial charge in [0.05, 0.1) is 6.54 Å². The standard InChI is InChI=1S/C14H23NOS/c1-11(9-12-7-6-8-17-12)15(5)10-13(16)14(2,3)4/h6-8,11H,9-10H2,1-5H3. The van der Waals surface area contributed by atoms with Gasteiger partial charge in [-0.25, -0.2) is 0 Å². The minimum atomic E-state index is -0.239. The average molecular weight is 253 g/mol. The van der Waals surface area contributed by atoms with E-state index in [0.29, 0.717) is 18.4 Å². The van der Waals surface area contributed by atoms with Crippen molar-refractivity contribution in [3.8, 4) is 0 Å². The van der Waals surface area contributed by atoms with E-state index in [-0.39, 0.29) is 5.41 Å². The highest BCUT2D eigenvalue weighted by Crippen LogP contribution is 2.17. The van der Waals surface area contributed by atoms with E-state index in [1.165, 1.54) is 4.88 Å². The van der Waals surface area contributed by atoms with E-state index in [9.17, 15) is 4.79 Å². The smallest absolute Gasteiger partial charge is 0.152 e. The molecule has 0 saturated heterocycles. The summed E-state index contributed by atoms with van der Waals surface area (Å²) in [5.41, 5.74) is -0.239. The molecule has 1 aromatic rings. The van der Waals surface area contributed by atoms with Crippen molar-refractivity contribution in [1.82, 2.24) is 4.90 Å². The molecule has 0 radical (unpaired) electrons. The average Bonchev–Trinajstić information content (AvgIpc) is 2.68. The first kappa shape index (κ1) is 14.4. The summed E-state index contributed by atoms with van der Waals surface area (Å²) in [6, 6.07) is 4.63. The topological polar surface area (TPSA) is 20.3 Å². The largest absolute Gasteiger partial charge is 0.298 e. The van der Waals surface area contributed by atoms with E-state index in [1.807, 2.05) is 27.8 Å². The van der Waals surface area contributed by atoms with Crippen LogP contribution in [0.4, 0.5) is 0 Å². The molecule has 0 fully saturated rings. The maximum Gasteiger partial charge on any atom is 0.152 e. The van der Waals surface area contributed by atoms with Gasteiger partial charge in [0.25, 0.3) is 0 Å². The van der Waals surface area contributed by atoms with Crippen molar-refractivity contribution in [2.45, 2.75) is 40.2 Å². The van der Waals surface area contributed by atoms with E-state index in [0.717, 1.165) is 6.42 Å². The molecular formula is C14H23NOS. The molecule has 1 aromatic heterocycles. The Morgan fingerprint density at radius 3 is 2.59 bits per heavy atom. The maximum atomic E-state index is 11.9. The monoisotopic (exact) mass is 253 g/mol. The first-order valence-electron chi connectivity index (χ1n) is 6.06. The number of nitrogens with zero attached hydrogens (tertiary/aromatic N) is 1. The highest BCUT2D eigenvalue weighted by molar-refractivity contribution is 7.09. The summed E-state index contributed by atoms with van der Waals surface area (Å²) in [7, 11) is 2.03. The lowest BCUT2D eigenvalue weighted by Gasteiger charge is -2.27. The summed E-state index contributed by atoms with van der Waals surface area (Å²) in [6.07, 6.45) is 1.02. The van der Waals surface area contributed by atoms with Gasteiger partial charge in [-0.2, -0.15) is 0 Å². The Labute approximate surface area is 109 Å². The SMILES string of the molecule is CC(Cc1cccs1)N(C)CC(=O)C(C)(C)C. The van der Waals surface area contributed by atoms with Gasteiger partial charge in [0.1, 0.15) is 0 Å². The Hall–Kier alpha value is -0.670. The third kappa shape index (κ3) is 4.60. The predicted molar refractivity (Wildman–Crippen MR) is 74.6 cm³/mol. The number of carbonyl (C=O) groups is 1. The van der Waals surface area contributed by atoms with Crippen molar-refractivity contribution in [2.75, 3.05) is 13.6 Å². The fraction of sp³-hybridized carbons (Fsp3) is 0.643. The quantitative estimate of drug-likeness (QED) is 0.803. The summed E-state index contributed by atoms with van der Waals surface area (Å²) in [6.45, 7) is 8.65. The molecule has 0 spiro atoms. The van der Waals surface area contributed by atoms with Crippen LogP contribution in [0.25, 0.3) is 0 Å². The molecule has 0 aliphatic rings. The van der Waals surface area contributed by atoms with Gasteiger partial charge in [-0.3, -0.25) is 9.69 Å². The van der Waals surface area contributed by atoms with E-state index < -0.39 is 0 Å². The Morgan fingerprint density at radius 1 is 1.47 bits per heavy atom. The highest BCUT2D eigenvalue weighted by Gasteiger charge is 2.23. The molecule has 1 rings (SSSR count). The van der Waals surface area contributed by atoms with Crippen LogP contribution in [0.2, 0.25) is 0 Å². The Balaban J connectivity index is 2.47. The molecule has 96 valence electrons. The summed E-state index contributed by atoms with van der Waals surface area (Å²) in [5.74, 6) is 0.304. The van der Waals surface area contributed by atoms with Crippen molar-refractivity contribution in [3.63, 3.8) is 0 Å². The van der Waals surface area contributed by atoms with Gasteiger partial charge in [0, 0.05) is 16.3 Å². The summed E-state index contributed by atoms with van der Waals surface area (Å²) >= 11 is 1.78. The number of hydrogen-bond donors (Lipinski definition) is 0. The van der Waals surface area contributed by atoms with Crippen molar-refractivity contribution < 1.29 is 4.79 Å². The molecule has 0 aromatic carbocycles.